The number of hydrogen-bond acceptors (Lipinski definition) is 5. The molecule has 8 heteroatoms. The molecule has 154 valence electrons. The SMILES string of the molecule is CSc1ccccc1CN1CCC(CNC(=O)c2ccc([N+](=O)[O-])cc2Cl)CC1. The van der Waals surface area contributed by atoms with E-state index < -0.39 is 4.92 Å². The molecule has 6 nitrogen and oxygen atoms in total. The zero-order valence-corrected chi connectivity index (χ0v) is 17.8. The lowest BCUT2D eigenvalue weighted by atomic mass is 9.96. The molecule has 0 spiro atoms. The van der Waals surface area contributed by atoms with Gasteiger partial charge in [-0.1, -0.05) is 29.8 Å². The Hall–Kier alpha value is -2.09. The number of halogens is 1. The lowest BCUT2D eigenvalue weighted by Gasteiger charge is -2.32. The number of thioether (sulfide) groups is 1. The molecule has 2 aromatic carbocycles. The van der Waals surface area contributed by atoms with Crippen molar-refractivity contribution in [3.05, 3.63) is 68.7 Å². The molecule has 1 N–H and O–H groups in total. The van der Waals surface area contributed by atoms with Crippen LogP contribution in [0.2, 0.25) is 5.02 Å². The third kappa shape index (κ3) is 5.72. The predicted octanol–water partition coefficient (Wildman–Crippen LogP) is 4.61. The molecule has 0 radical (unpaired) electrons. The highest BCUT2D eigenvalue weighted by Crippen LogP contribution is 2.25. The Morgan fingerprint density at radius 1 is 1.28 bits per heavy atom. The molecule has 0 bridgehead atoms. The number of nitro groups is 1. The van der Waals surface area contributed by atoms with Gasteiger partial charge in [-0.25, -0.2) is 0 Å². The molecule has 0 aliphatic carbocycles. The molecule has 1 amide bonds. The third-order valence-corrected chi connectivity index (χ3v) is 6.40. The average molecular weight is 434 g/mol. The highest BCUT2D eigenvalue weighted by Gasteiger charge is 2.21. The molecule has 0 unspecified atom stereocenters. The van der Waals surface area contributed by atoms with Crippen LogP contribution in [0, 0.1) is 16.0 Å². The van der Waals surface area contributed by atoms with E-state index in [-0.39, 0.29) is 22.2 Å². The van der Waals surface area contributed by atoms with Crippen molar-refractivity contribution in [2.45, 2.75) is 24.3 Å². The number of non-ortho nitro benzene ring substituents is 1. The largest absolute Gasteiger partial charge is 0.352 e. The van der Waals surface area contributed by atoms with Crippen LogP contribution in [-0.4, -0.2) is 41.6 Å². The number of likely N-dealkylation sites (tertiary alicyclic amines) is 1. The number of carbonyl (C=O) groups is 1. The van der Waals surface area contributed by atoms with Gasteiger partial charge >= 0.3 is 0 Å². The second kappa shape index (κ2) is 10.1. The van der Waals surface area contributed by atoms with Gasteiger partial charge < -0.3 is 5.32 Å². The van der Waals surface area contributed by atoms with E-state index in [1.807, 2.05) is 0 Å². The van der Waals surface area contributed by atoms with Crippen LogP contribution in [0.4, 0.5) is 5.69 Å². The van der Waals surface area contributed by atoms with Crippen molar-refractivity contribution >= 4 is 35.0 Å². The summed E-state index contributed by atoms with van der Waals surface area (Å²) in [7, 11) is 0. The molecule has 1 saturated heterocycles. The number of piperidine rings is 1. The van der Waals surface area contributed by atoms with Crippen molar-refractivity contribution in [1.29, 1.82) is 0 Å². The Morgan fingerprint density at radius 3 is 2.66 bits per heavy atom. The standard InChI is InChI=1S/C21H24ClN3O3S/c1-29-20-5-3-2-4-16(20)14-24-10-8-15(9-11-24)13-23-21(26)18-7-6-17(25(27)28)12-19(18)22/h2-7,12,15H,8-11,13-14H2,1H3,(H,23,26). The van der Waals surface area contributed by atoms with Crippen molar-refractivity contribution in [3.8, 4) is 0 Å². The lowest BCUT2D eigenvalue weighted by molar-refractivity contribution is -0.384. The van der Waals surface area contributed by atoms with E-state index in [0.29, 0.717) is 12.5 Å². The smallest absolute Gasteiger partial charge is 0.270 e. The summed E-state index contributed by atoms with van der Waals surface area (Å²) in [6.07, 6.45) is 4.15. The number of benzene rings is 2. The highest BCUT2D eigenvalue weighted by molar-refractivity contribution is 7.98. The minimum absolute atomic E-state index is 0.0963. The number of amides is 1. The number of rotatable bonds is 7. The van der Waals surface area contributed by atoms with Gasteiger partial charge in [0, 0.05) is 30.1 Å². The van der Waals surface area contributed by atoms with E-state index in [1.54, 1.807) is 11.8 Å². The second-order valence-corrected chi connectivity index (χ2v) is 8.42. The van der Waals surface area contributed by atoms with Crippen molar-refractivity contribution < 1.29 is 9.72 Å². The van der Waals surface area contributed by atoms with Crippen molar-refractivity contribution in [3.63, 3.8) is 0 Å². The van der Waals surface area contributed by atoms with Crippen molar-refractivity contribution in [1.82, 2.24) is 10.2 Å². The number of nitro benzene ring substituents is 1. The summed E-state index contributed by atoms with van der Waals surface area (Å²) < 4.78 is 0. The number of carbonyl (C=O) groups excluding carboxylic acids is 1. The van der Waals surface area contributed by atoms with Crippen LogP contribution in [0.5, 0.6) is 0 Å². The third-order valence-electron chi connectivity index (χ3n) is 5.25. The van der Waals surface area contributed by atoms with Gasteiger partial charge in [0.1, 0.15) is 0 Å². The Kier molecular flexibility index (Phi) is 7.52. The second-order valence-electron chi connectivity index (χ2n) is 7.16. The van der Waals surface area contributed by atoms with Gasteiger partial charge in [-0.05, 0) is 55.8 Å². The molecular formula is C21H24ClN3O3S. The highest BCUT2D eigenvalue weighted by atomic mass is 35.5. The van der Waals surface area contributed by atoms with Gasteiger partial charge in [0.15, 0.2) is 0 Å². The normalized spacial score (nSPS) is 15.2. The van der Waals surface area contributed by atoms with Crippen molar-refractivity contribution in [2.75, 3.05) is 25.9 Å². The Balaban J connectivity index is 1.47. The summed E-state index contributed by atoms with van der Waals surface area (Å²) in [6.45, 7) is 3.54. The molecule has 1 aliphatic heterocycles. The molecule has 1 aliphatic rings. The van der Waals surface area contributed by atoms with Crippen LogP contribution in [0.1, 0.15) is 28.8 Å². The fourth-order valence-electron chi connectivity index (χ4n) is 3.56. The average Bonchev–Trinajstić information content (AvgIpc) is 2.73. The first-order chi connectivity index (χ1) is 14.0. The first-order valence-corrected chi connectivity index (χ1v) is 11.1. The number of nitrogens with one attached hydrogen (secondary N) is 1. The first-order valence-electron chi connectivity index (χ1n) is 9.54. The van der Waals surface area contributed by atoms with Crippen LogP contribution in [-0.2, 0) is 6.54 Å². The molecule has 29 heavy (non-hydrogen) atoms. The summed E-state index contributed by atoms with van der Waals surface area (Å²) in [5, 5.41) is 13.8. The maximum absolute atomic E-state index is 12.4. The van der Waals surface area contributed by atoms with E-state index in [4.69, 9.17) is 11.6 Å². The van der Waals surface area contributed by atoms with E-state index in [9.17, 15) is 14.9 Å². The van der Waals surface area contributed by atoms with Gasteiger partial charge in [-0.15, -0.1) is 11.8 Å². The first kappa shape index (κ1) is 21.6. The summed E-state index contributed by atoms with van der Waals surface area (Å²) in [5.41, 5.74) is 1.50. The minimum atomic E-state index is -0.529. The van der Waals surface area contributed by atoms with Gasteiger partial charge in [0.05, 0.1) is 15.5 Å². The zero-order valence-electron chi connectivity index (χ0n) is 16.3. The molecule has 0 saturated carbocycles. The van der Waals surface area contributed by atoms with Crippen LogP contribution >= 0.6 is 23.4 Å². The van der Waals surface area contributed by atoms with E-state index in [0.717, 1.165) is 32.5 Å². The molecular weight excluding hydrogens is 410 g/mol. The maximum Gasteiger partial charge on any atom is 0.270 e. The number of nitrogens with zero attached hydrogens (tertiary/aromatic N) is 2. The minimum Gasteiger partial charge on any atom is -0.352 e. The van der Waals surface area contributed by atoms with Crippen LogP contribution in [0.25, 0.3) is 0 Å². The van der Waals surface area contributed by atoms with Gasteiger partial charge in [-0.3, -0.25) is 19.8 Å². The fourth-order valence-corrected chi connectivity index (χ4v) is 4.43. The number of hydrogen-bond donors (Lipinski definition) is 1. The lowest BCUT2D eigenvalue weighted by Crippen LogP contribution is -2.38. The molecule has 1 heterocycles. The molecule has 2 aromatic rings. The van der Waals surface area contributed by atoms with Gasteiger partial charge in [0.2, 0.25) is 0 Å². The monoisotopic (exact) mass is 433 g/mol. The van der Waals surface area contributed by atoms with Crippen LogP contribution in [0.3, 0.4) is 0 Å². The summed E-state index contributed by atoms with van der Waals surface area (Å²) in [5.74, 6) is 0.129. The van der Waals surface area contributed by atoms with E-state index in [2.05, 4.69) is 40.7 Å². The Labute approximate surface area is 179 Å². The summed E-state index contributed by atoms with van der Waals surface area (Å²) in [4.78, 5) is 26.4. The summed E-state index contributed by atoms with van der Waals surface area (Å²) >= 11 is 7.81. The maximum atomic E-state index is 12.4. The van der Waals surface area contributed by atoms with E-state index >= 15 is 0 Å². The fraction of sp³-hybridized carbons (Fsp3) is 0.381. The van der Waals surface area contributed by atoms with Crippen LogP contribution in [0.15, 0.2) is 47.4 Å². The zero-order chi connectivity index (χ0) is 20.8. The topological polar surface area (TPSA) is 75.5 Å². The van der Waals surface area contributed by atoms with Gasteiger partial charge in [0.25, 0.3) is 11.6 Å². The predicted molar refractivity (Wildman–Crippen MR) is 117 cm³/mol. The summed E-state index contributed by atoms with van der Waals surface area (Å²) in [6, 6.07) is 12.4. The molecule has 0 aromatic heterocycles. The molecule has 3 rings (SSSR count). The van der Waals surface area contributed by atoms with Crippen molar-refractivity contribution in [2.24, 2.45) is 5.92 Å². The quantitative estimate of drug-likeness (QED) is 0.392. The van der Waals surface area contributed by atoms with E-state index in [1.165, 1.54) is 28.7 Å². The molecule has 1 fully saturated rings. The van der Waals surface area contributed by atoms with Crippen LogP contribution < -0.4 is 5.32 Å². The Morgan fingerprint density at radius 2 is 2.00 bits per heavy atom. The Bertz CT molecular complexity index is 885. The van der Waals surface area contributed by atoms with Gasteiger partial charge in [-0.2, -0.15) is 0 Å². The molecule has 0 atom stereocenters.